The Kier molecular flexibility index (Phi) is 6.48. The second-order valence-corrected chi connectivity index (χ2v) is 4.92. The van der Waals surface area contributed by atoms with Crippen molar-refractivity contribution < 1.29 is 19.4 Å². The van der Waals surface area contributed by atoms with Crippen molar-refractivity contribution in [1.82, 2.24) is 4.90 Å². The molecule has 112 valence electrons. The molecule has 20 heavy (non-hydrogen) atoms. The summed E-state index contributed by atoms with van der Waals surface area (Å²) in [6.45, 7) is 4.41. The number of amides is 1. The molecule has 0 saturated heterocycles. The third kappa shape index (κ3) is 5.19. The third-order valence-corrected chi connectivity index (χ3v) is 3.11. The van der Waals surface area contributed by atoms with Crippen LogP contribution in [0.25, 0.3) is 0 Å². The molecular weight excluding hydrogens is 258 g/mol. The van der Waals surface area contributed by atoms with Crippen molar-refractivity contribution in [2.75, 3.05) is 33.9 Å². The molecule has 0 radical (unpaired) electrons. The van der Waals surface area contributed by atoms with Gasteiger partial charge in [0.25, 0.3) is 5.91 Å². The summed E-state index contributed by atoms with van der Waals surface area (Å²) in [4.78, 5) is 13.3. The SMILES string of the molecule is COCC(O)CN(C)C(=O)COc1ccc(C)c(C)c1. The Balaban J connectivity index is 2.44. The third-order valence-electron chi connectivity index (χ3n) is 3.11. The van der Waals surface area contributed by atoms with Crippen LogP contribution in [0.3, 0.4) is 0 Å². The molecule has 0 bridgehead atoms. The molecule has 0 aliphatic rings. The molecule has 0 aliphatic carbocycles. The largest absolute Gasteiger partial charge is 0.484 e. The second kappa shape index (κ2) is 7.87. The number of hydrogen-bond acceptors (Lipinski definition) is 4. The van der Waals surface area contributed by atoms with Gasteiger partial charge in [0.15, 0.2) is 6.61 Å². The van der Waals surface area contributed by atoms with Crippen LogP contribution in [0.2, 0.25) is 0 Å². The molecule has 1 amide bonds. The molecule has 0 saturated carbocycles. The maximum atomic E-state index is 11.9. The van der Waals surface area contributed by atoms with E-state index in [2.05, 4.69) is 0 Å². The predicted molar refractivity (Wildman–Crippen MR) is 76.9 cm³/mol. The van der Waals surface area contributed by atoms with Gasteiger partial charge in [-0.3, -0.25) is 4.79 Å². The number of nitrogens with zero attached hydrogens (tertiary/aromatic N) is 1. The zero-order valence-electron chi connectivity index (χ0n) is 12.5. The molecule has 1 N–H and O–H groups in total. The fraction of sp³-hybridized carbons (Fsp3) is 0.533. The maximum absolute atomic E-state index is 11.9. The maximum Gasteiger partial charge on any atom is 0.260 e. The van der Waals surface area contributed by atoms with Crippen LogP contribution < -0.4 is 4.74 Å². The van der Waals surface area contributed by atoms with E-state index in [4.69, 9.17) is 9.47 Å². The number of carbonyl (C=O) groups is 1. The number of benzene rings is 1. The van der Waals surface area contributed by atoms with E-state index in [1.807, 2.05) is 32.0 Å². The number of hydrogen-bond donors (Lipinski definition) is 1. The van der Waals surface area contributed by atoms with E-state index in [0.29, 0.717) is 5.75 Å². The van der Waals surface area contributed by atoms with Crippen molar-refractivity contribution >= 4 is 5.91 Å². The lowest BCUT2D eigenvalue weighted by molar-refractivity contribution is -0.133. The average Bonchev–Trinajstić information content (AvgIpc) is 2.39. The first kappa shape index (κ1) is 16.5. The van der Waals surface area contributed by atoms with Gasteiger partial charge in [-0.25, -0.2) is 0 Å². The highest BCUT2D eigenvalue weighted by Gasteiger charge is 2.14. The fourth-order valence-corrected chi connectivity index (χ4v) is 1.72. The van der Waals surface area contributed by atoms with Crippen molar-refractivity contribution in [3.05, 3.63) is 29.3 Å². The number of rotatable bonds is 7. The lowest BCUT2D eigenvalue weighted by Crippen LogP contribution is -2.38. The highest BCUT2D eigenvalue weighted by atomic mass is 16.5. The van der Waals surface area contributed by atoms with Gasteiger partial charge in [-0.05, 0) is 37.1 Å². The van der Waals surface area contributed by atoms with Crippen LogP contribution in [0.4, 0.5) is 0 Å². The number of aryl methyl sites for hydroxylation is 2. The van der Waals surface area contributed by atoms with Crippen molar-refractivity contribution in [2.45, 2.75) is 20.0 Å². The van der Waals surface area contributed by atoms with Gasteiger partial charge in [0.1, 0.15) is 5.75 Å². The molecule has 0 fully saturated rings. The Morgan fingerprint density at radius 3 is 2.65 bits per heavy atom. The minimum Gasteiger partial charge on any atom is -0.484 e. The fourth-order valence-electron chi connectivity index (χ4n) is 1.72. The van der Waals surface area contributed by atoms with Crippen molar-refractivity contribution in [1.29, 1.82) is 0 Å². The normalized spacial score (nSPS) is 12.1. The lowest BCUT2D eigenvalue weighted by atomic mass is 10.1. The highest BCUT2D eigenvalue weighted by Crippen LogP contribution is 2.16. The number of aliphatic hydroxyl groups is 1. The van der Waals surface area contributed by atoms with Gasteiger partial charge in [-0.15, -0.1) is 0 Å². The van der Waals surface area contributed by atoms with E-state index in [0.717, 1.165) is 5.56 Å². The van der Waals surface area contributed by atoms with Crippen molar-refractivity contribution in [3.8, 4) is 5.75 Å². The molecule has 1 unspecified atom stereocenters. The lowest BCUT2D eigenvalue weighted by Gasteiger charge is -2.20. The summed E-state index contributed by atoms with van der Waals surface area (Å²) in [5, 5.41) is 9.56. The molecule has 5 heteroatoms. The molecule has 0 spiro atoms. The highest BCUT2D eigenvalue weighted by molar-refractivity contribution is 5.77. The minimum atomic E-state index is -0.685. The predicted octanol–water partition coefficient (Wildman–Crippen LogP) is 1.15. The zero-order valence-corrected chi connectivity index (χ0v) is 12.5. The van der Waals surface area contributed by atoms with Gasteiger partial charge in [0.2, 0.25) is 0 Å². The Morgan fingerprint density at radius 2 is 2.05 bits per heavy atom. The van der Waals surface area contributed by atoms with E-state index in [1.54, 1.807) is 7.05 Å². The summed E-state index contributed by atoms with van der Waals surface area (Å²) in [6, 6.07) is 5.71. The van der Waals surface area contributed by atoms with Gasteiger partial charge >= 0.3 is 0 Å². The van der Waals surface area contributed by atoms with Gasteiger partial charge in [0.05, 0.1) is 12.7 Å². The average molecular weight is 281 g/mol. The summed E-state index contributed by atoms with van der Waals surface area (Å²) in [5.74, 6) is 0.491. The Morgan fingerprint density at radius 1 is 1.35 bits per heavy atom. The Bertz CT molecular complexity index is 447. The number of aliphatic hydroxyl groups excluding tert-OH is 1. The first-order chi connectivity index (χ1) is 9.43. The summed E-state index contributed by atoms with van der Waals surface area (Å²) in [5.41, 5.74) is 2.31. The van der Waals surface area contributed by atoms with E-state index < -0.39 is 6.10 Å². The number of methoxy groups -OCH3 is 1. The van der Waals surface area contributed by atoms with Crippen LogP contribution in [0.5, 0.6) is 5.75 Å². The van der Waals surface area contributed by atoms with Crippen LogP contribution >= 0.6 is 0 Å². The van der Waals surface area contributed by atoms with E-state index in [9.17, 15) is 9.90 Å². The van der Waals surface area contributed by atoms with E-state index in [1.165, 1.54) is 17.6 Å². The van der Waals surface area contributed by atoms with Gasteiger partial charge < -0.3 is 19.5 Å². The second-order valence-electron chi connectivity index (χ2n) is 4.92. The molecular formula is C15H23NO4. The quantitative estimate of drug-likeness (QED) is 0.814. The van der Waals surface area contributed by atoms with Gasteiger partial charge in [-0.2, -0.15) is 0 Å². The first-order valence-corrected chi connectivity index (χ1v) is 6.55. The van der Waals surface area contributed by atoms with E-state index in [-0.39, 0.29) is 25.7 Å². The number of likely N-dealkylation sites (N-methyl/N-ethyl adjacent to an activating group) is 1. The Labute approximate surface area is 120 Å². The monoisotopic (exact) mass is 281 g/mol. The van der Waals surface area contributed by atoms with E-state index >= 15 is 0 Å². The van der Waals surface area contributed by atoms with Crippen LogP contribution in [-0.4, -0.2) is 55.9 Å². The molecule has 0 aliphatic heterocycles. The standard InChI is InChI=1S/C15H23NO4/c1-11-5-6-14(7-12(11)2)20-10-15(18)16(3)8-13(17)9-19-4/h5-7,13,17H,8-10H2,1-4H3. The topological polar surface area (TPSA) is 59.0 Å². The molecule has 0 aromatic heterocycles. The van der Waals surface area contributed by atoms with Gasteiger partial charge in [-0.1, -0.05) is 6.07 Å². The molecule has 1 rings (SSSR count). The van der Waals surface area contributed by atoms with Gasteiger partial charge in [0, 0.05) is 20.7 Å². The molecule has 0 heterocycles. The molecule has 5 nitrogen and oxygen atoms in total. The molecule has 1 aromatic rings. The Hall–Kier alpha value is -1.59. The zero-order chi connectivity index (χ0) is 15.1. The molecule has 1 atom stereocenters. The molecule has 1 aromatic carbocycles. The summed E-state index contributed by atoms with van der Waals surface area (Å²) < 4.78 is 10.3. The number of ether oxygens (including phenoxy) is 2. The van der Waals surface area contributed by atoms with Crippen molar-refractivity contribution in [2.24, 2.45) is 0 Å². The smallest absolute Gasteiger partial charge is 0.260 e. The summed E-state index contributed by atoms with van der Waals surface area (Å²) in [6.07, 6.45) is -0.685. The minimum absolute atomic E-state index is 0.0430. The van der Waals surface area contributed by atoms with Crippen LogP contribution in [0.1, 0.15) is 11.1 Å². The first-order valence-electron chi connectivity index (χ1n) is 6.55. The van der Waals surface area contributed by atoms with Crippen LogP contribution in [-0.2, 0) is 9.53 Å². The summed E-state index contributed by atoms with van der Waals surface area (Å²) >= 11 is 0. The summed E-state index contributed by atoms with van der Waals surface area (Å²) in [7, 11) is 3.14. The van der Waals surface area contributed by atoms with Crippen LogP contribution in [0.15, 0.2) is 18.2 Å². The van der Waals surface area contributed by atoms with Crippen LogP contribution in [0, 0.1) is 13.8 Å². The number of carbonyl (C=O) groups excluding carboxylic acids is 1. The van der Waals surface area contributed by atoms with Crippen molar-refractivity contribution in [3.63, 3.8) is 0 Å².